The van der Waals surface area contributed by atoms with E-state index in [2.05, 4.69) is 53.2 Å². The van der Waals surface area contributed by atoms with E-state index in [4.69, 9.17) is 4.74 Å². The Labute approximate surface area is 119 Å². The standard InChI is InChI=1S/C14H23BrN2O/c1-4-16-11-12-10-13(15)6-7-14(12)18-9-5-8-17(2)3/h6-7,10,16H,4-5,8-9,11H2,1-3H3. The molecular weight excluding hydrogens is 292 g/mol. The highest BCUT2D eigenvalue weighted by Gasteiger charge is 2.04. The number of halogens is 1. The van der Waals surface area contributed by atoms with E-state index in [1.807, 2.05) is 12.1 Å². The van der Waals surface area contributed by atoms with Gasteiger partial charge in [-0.15, -0.1) is 0 Å². The summed E-state index contributed by atoms with van der Waals surface area (Å²) in [5.41, 5.74) is 1.20. The van der Waals surface area contributed by atoms with Crippen molar-refractivity contribution in [2.24, 2.45) is 0 Å². The molecule has 0 atom stereocenters. The Morgan fingerprint density at radius 2 is 2.11 bits per heavy atom. The lowest BCUT2D eigenvalue weighted by atomic mass is 10.2. The van der Waals surface area contributed by atoms with Crippen molar-refractivity contribution >= 4 is 15.9 Å². The molecule has 1 aromatic rings. The highest BCUT2D eigenvalue weighted by atomic mass is 79.9. The minimum atomic E-state index is 0.763. The highest BCUT2D eigenvalue weighted by Crippen LogP contribution is 2.23. The first-order chi connectivity index (χ1) is 8.63. The molecule has 0 bridgehead atoms. The van der Waals surface area contributed by atoms with Gasteiger partial charge in [-0.1, -0.05) is 22.9 Å². The zero-order valence-electron chi connectivity index (χ0n) is 11.5. The lowest BCUT2D eigenvalue weighted by molar-refractivity contribution is 0.279. The average molecular weight is 315 g/mol. The van der Waals surface area contributed by atoms with E-state index in [0.29, 0.717) is 0 Å². The van der Waals surface area contributed by atoms with Crippen molar-refractivity contribution in [1.29, 1.82) is 0 Å². The van der Waals surface area contributed by atoms with Gasteiger partial charge in [-0.2, -0.15) is 0 Å². The fraction of sp³-hybridized carbons (Fsp3) is 0.571. The summed E-state index contributed by atoms with van der Waals surface area (Å²) in [5, 5.41) is 3.33. The molecule has 0 fully saturated rings. The van der Waals surface area contributed by atoms with Crippen LogP contribution < -0.4 is 10.1 Å². The molecule has 0 saturated carbocycles. The van der Waals surface area contributed by atoms with Crippen LogP contribution in [0.1, 0.15) is 18.9 Å². The van der Waals surface area contributed by atoms with Crippen molar-refractivity contribution in [1.82, 2.24) is 10.2 Å². The summed E-state index contributed by atoms with van der Waals surface area (Å²) in [7, 11) is 4.16. The molecule has 102 valence electrons. The Bertz CT molecular complexity index is 356. The Morgan fingerprint density at radius 1 is 1.33 bits per heavy atom. The molecule has 1 aromatic carbocycles. The maximum absolute atomic E-state index is 5.85. The van der Waals surface area contributed by atoms with E-state index in [-0.39, 0.29) is 0 Å². The van der Waals surface area contributed by atoms with Crippen molar-refractivity contribution in [2.45, 2.75) is 19.9 Å². The highest BCUT2D eigenvalue weighted by molar-refractivity contribution is 9.10. The number of nitrogens with zero attached hydrogens (tertiary/aromatic N) is 1. The quantitative estimate of drug-likeness (QED) is 0.747. The predicted molar refractivity (Wildman–Crippen MR) is 80.2 cm³/mol. The average Bonchev–Trinajstić information content (AvgIpc) is 2.33. The number of hydrogen-bond donors (Lipinski definition) is 1. The topological polar surface area (TPSA) is 24.5 Å². The van der Waals surface area contributed by atoms with Crippen molar-refractivity contribution in [3.63, 3.8) is 0 Å². The maximum atomic E-state index is 5.85. The largest absolute Gasteiger partial charge is 0.493 e. The molecule has 0 heterocycles. The number of ether oxygens (including phenoxy) is 1. The van der Waals surface area contributed by atoms with E-state index in [9.17, 15) is 0 Å². The monoisotopic (exact) mass is 314 g/mol. The van der Waals surface area contributed by atoms with Crippen molar-refractivity contribution in [3.05, 3.63) is 28.2 Å². The summed E-state index contributed by atoms with van der Waals surface area (Å²) in [6, 6.07) is 6.17. The number of nitrogens with one attached hydrogen (secondary N) is 1. The lowest BCUT2D eigenvalue weighted by Gasteiger charge is -2.14. The normalized spacial score (nSPS) is 10.9. The zero-order valence-corrected chi connectivity index (χ0v) is 13.1. The van der Waals surface area contributed by atoms with E-state index in [1.165, 1.54) is 5.56 Å². The molecule has 0 spiro atoms. The number of benzene rings is 1. The molecule has 0 amide bonds. The van der Waals surface area contributed by atoms with Gasteiger partial charge < -0.3 is 15.0 Å². The summed E-state index contributed by atoms with van der Waals surface area (Å²) in [4.78, 5) is 2.17. The van der Waals surface area contributed by atoms with Crippen LogP contribution in [0.5, 0.6) is 5.75 Å². The first-order valence-electron chi connectivity index (χ1n) is 6.40. The molecule has 0 saturated heterocycles. The minimum absolute atomic E-state index is 0.763. The minimum Gasteiger partial charge on any atom is -0.493 e. The van der Waals surface area contributed by atoms with Gasteiger partial charge in [0.15, 0.2) is 0 Å². The summed E-state index contributed by atoms with van der Waals surface area (Å²) in [5.74, 6) is 0.984. The Morgan fingerprint density at radius 3 is 2.78 bits per heavy atom. The van der Waals surface area contributed by atoms with Gasteiger partial charge >= 0.3 is 0 Å². The third-order valence-corrected chi connectivity index (χ3v) is 3.09. The van der Waals surface area contributed by atoms with Gasteiger partial charge in [0.2, 0.25) is 0 Å². The first-order valence-corrected chi connectivity index (χ1v) is 7.19. The van der Waals surface area contributed by atoms with Crippen molar-refractivity contribution in [3.8, 4) is 5.75 Å². The van der Waals surface area contributed by atoms with Crippen LogP contribution in [0.3, 0.4) is 0 Å². The fourth-order valence-electron chi connectivity index (χ4n) is 1.65. The molecule has 1 rings (SSSR count). The molecule has 0 unspecified atom stereocenters. The molecule has 1 N–H and O–H groups in total. The third-order valence-electron chi connectivity index (χ3n) is 2.60. The lowest BCUT2D eigenvalue weighted by Crippen LogP contribution is -2.16. The molecule has 0 aromatic heterocycles. The van der Waals surface area contributed by atoms with E-state index in [0.717, 1.165) is 42.9 Å². The molecule has 0 aliphatic heterocycles. The van der Waals surface area contributed by atoms with Gasteiger partial charge in [-0.05, 0) is 45.3 Å². The Hall–Kier alpha value is -0.580. The van der Waals surface area contributed by atoms with Gasteiger partial charge in [0, 0.05) is 23.1 Å². The van der Waals surface area contributed by atoms with E-state index >= 15 is 0 Å². The SMILES string of the molecule is CCNCc1cc(Br)ccc1OCCCN(C)C. The zero-order chi connectivity index (χ0) is 13.4. The first kappa shape index (κ1) is 15.5. The Balaban J connectivity index is 2.52. The van der Waals surface area contributed by atoms with E-state index < -0.39 is 0 Å². The van der Waals surface area contributed by atoms with Crippen LogP contribution in [0.15, 0.2) is 22.7 Å². The van der Waals surface area contributed by atoms with Crippen LogP contribution in [0.4, 0.5) is 0 Å². The molecule has 3 nitrogen and oxygen atoms in total. The molecule has 18 heavy (non-hydrogen) atoms. The second-order valence-corrected chi connectivity index (χ2v) is 5.45. The third kappa shape index (κ3) is 5.85. The van der Waals surface area contributed by atoms with Gasteiger partial charge in [0.25, 0.3) is 0 Å². The van der Waals surface area contributed by atoms with Crippen LogP contribution in [-0.4, -0.2) is 38.7 Å². The molecule has 0 aliphatic rings. The van der Waals surface area contributed by atoms with Gasteiger partial charge in [-0.3, -0.25) is 0 Å². The van der Waals surface area contributed by atoms with Crippen LogP contribution in [0.25, 0.3) is 0 Å². The van der Waals surface area contributed by atoms with Crippen molar-refractivity contribution in [2.75, 3.05) is 33.8 Å². The van der Waals surface area contributed by atoms with Crippen LogP contribution in [-0.2, 0) is 6.54 Å². The summed E-state index contributed by atoms with van der Waals surface area (Å²) in [6.07, 6.45) is 1.05. The fourth-order valence-corrected chi connectivity index (χ4v) is 2.06. The molecule has 0 radical (unpaired) electrons. The smallest absolute Gasteiger partial charge is 0.123 e. The van der Waals surface area contributed by atoms with Crippen LogP contribution >= 0.6 is 15.9 Å². The van der Waals surface area contributed by atoms with Crippen LogP contribution in [0, 0.1) is 0 Å². The van der Waals surface area contributed by atoms with Crippen LogP contribution in [0.2, 0.25) is 0 Å². The van der Waals surface area contributed by atoms with Gasteiger partial charge in [0.1, 0.15) is 5.75 Å². The maximum Gasteiger partial charge on any atom is 0.123 e. The molecular formula is C14H23BrN2O. The van der Waals surface area contributed by atoms with Gasteiger partial charge in [-0.25, -0.2) is 0 Å². The number of hydrogen-bond acceptors (Lipinski definition) is 3. The second kappa shape index (κ2) is 8.51. The van der Waals surface area contributed by atoms with Crippen molar-refractivity contribution < 1.29 is 4.74 Å². The second-order valence-electron chi connectivity index (χ2n) is 4.54. The number of rotatable bonds is 8. The predicted octanol–water partition coefficient (Wildman–Crippen LogP) is 2.89. The molecule has 4 heteroatoms. The Kier molecular flexibility index (Phi) is 7.32. The van der Waals surface area contributed by atoms with Gasteiger partial charge in [0.05, 0.1) is 6.61 Å². The summed E-state index contributed by atoms with van der Waals surface area (Å²) < 4.78 is 6.95. The summed E-state index contributed by atoms with van der Waals surface area (Å²) >= 11 is 3.50. The summed E-state index contributed by atoms with van der Waals surface area (Å²) in [6.45, 7) is 5.74. The van der Waals surface area contributed by atoms with E-state index in [1.54, 1.807) is 0 Å². The molecule has 0 aliphatic carbocycles.